The molecule has 0 unspecified atom stereocenters. The van der Waals surface area contributed by atoms with Crippen LogP contribution in [0.5, 0.6) is 5.75 Å². The third-order valence-electron chi connectivity index (χ3n) is 5.21. The van der Waals surface area contributed by atoms with E-state index >= 15 is 0 Å². The fourth-order valence-corrected chi connectivity index (χ4v) is 5.38. The number of carbonyl (C=O) groups is 2. The number of halogens is 1. The van der Waals surface area contributed by atoms with E-state index in [0.717, 1.165) is 20.4 Å². The molecule has 0 bridgehead atoms. The van der Waals surface area contributed by atoms with Gasteiger partial charge in [0.15, 0.2) is 22.7 Å². The lowest BCUT2D eigenvalue weighted by Gasteiger charge is -2.11. The zero-order valence-corrected chi connectivity index (χ0v) is 23.1. The number of thiazole rings is 1. The lowest BCUT2D eigenvalue weighted by Crippen LogP contribution is -2.29. The average Bonchev–Trinajstić information content (AvgIpc) is 3.54. The van der Waals surface area contributed by atoms with Crippen LogP contribution < -0.4 is 15.4 Å². The topological polar surface area (TPSA) is 111 Å². The number of hydrogen-bond donors (Lipinski definition) is 2. The molecule has 2 amide bonds. The van der Waals surface area contributed by atoms with Gasteiger partial charge in [-0.15, -0.1) is 10.2 Å². The van der Waals surface area contributed by atoms with Crippen molar-refractivity contribution in [2.45, 2.75) is 11.7 Å². The van der Waals surface area contributed by atoms with Crippen LogP contribution in [0.4, 0.5) is 5.13 Å². The number of nitrogens with one attached hydrogen (secondary N) is 2. The third kappa shape index (κ3) is 6.57. The number of amides is 2. The van der Waals surface area contributed by atoms with Crippen molar-refractivity contribution in [2.75, 3.05) is 17.7 Å². The van der Waals surface area contributed by atoms with Crippen LogP contribution in [0.1, 0.15) is 5.82 Å². The Kier molecular flexibility index (Phi) is 8.31. The first-order valence-electron chi connectivity index (χ1n) is 11.5. The van der Waals surface area contributed by atoms with Crippen molar-refractivity contribution in [1.29, 1.82) is 0 Å². The molecule has 0 aliphatic rings. The summed E-state index contributed by atoms with van der Waals surface area (Å²) in [6.07, 6.45) is 0. The molecule has 0 saturated heterocycles. The van der Waals surface area contributed by atoms with Crippen LogP contribution in [-0.2, 0) is 16.1 Å². The van der Waals surface area contributed by atoms with Gasteiger partial charge in [-0.05, 0) is 48.5 Å². The largest absolute Gasteiger partial charge is 0.484 e. The van der Waals surface area contributed by atoms with Gasteiger partial charge >= 0.3 is 0 Å². The predicted octanol–water partition coefficient (Wildman–Crippen LogP) is 5.07. The Hall–Kier alpha value is -3.74. The van der Waals surface area contributed by atoms with Gasteiger partial charge in [0.2, 0.25) is 5.91 Å². The summed E-state index contributed by atoms with van der Waals surface area (Å²) < 4.78 is 9.26. The molecule has 0 radical (unpaired) electrons. The molecule has 192 valence electrons. The SMILES string of the molecule is O=C(COc1ccccc1)NCc1nnc(SCC(=O)Nc2nc3ccccc3s2)n1-c1ccc(Br)cc1. The molecule has 0 aliphatic carbocycles. The lowest BCUT2D eigenvalue weighted by molar-refractivity contribution is -0.123. The van der Waals surface area contributed by atoms with E-state index in [0.29, 0.717) is 21.9 Å². The van der Waals surface area contributed by atoms with Crippen molar-refractivity contribution in [3.05, 3.63) is 89.2 Å². The highest BCUT2D eigenvalue weighted by molar-refractivity contribution is 9.10. The molecule has 12 heteroatoms. The molecule has 38 heavy (non-hydrogen) atoms. The molecule has 0 saturated carbocycles. The number of carbonyl (C=O) groups excluding carboxylic acids is 2. The Bertz CT molecular complexity index is 1520. The number of rotatable bonds is 10. The van der Waals surface area contributed by atoms with Gasteiger partial charge in [0.05, 0.1) is 22.5 Å². The van der Waals surface area contributed by atoms with Crippen LogP contribution >= 0.6 is 39.0 Å². The number of aromatic nitrogens is 4. The maximum Gasteiger partial charge on any atom is 0.258 e. The zero-order chi connectivity index (χ0) is 26.3. The molecule has 3 aromatic carbocycles. The number of ether oxygens (including phenoxy) is 1. The average molecular weight is 610 g/mol. The molecule has 9 nitrogen and oxygen atoms in total. The molecule has 2 N–H and O–H groups in total. The summed E-state index contributed by atoms with van der Waals surface area (Å²) in [4.78, 5) is 29.5. The number of nitrogens with zero attached hydrogens (tertiary/aromatic N) is 4. The van der Waals surface area contributed by atoms with Crippen molar-refractivity contribution in [3.8, 4) is 11.4 Å². The first kappa shape index (κ1) is 25.9. The maximum absolute atomic E-state index is 12.7. The Balaban J connectivity index is 1.25. The van der Waals surface area contributed by atoms with E-state index in [1.54, 1.807) is 12.1 Å². The Morgan fingerprint density at radius 1 is 0.947 bits per heavy atom. The molecule has 5 aromatic rings. The molecule has 0 fully saturated rings. The second-order valence-corrected chi connectivity index (χ2v) is 10.8. The first-order chi connectivity index (χ1) is 18.5. The fraction of sp³-hybridized carbons (Fsp3) is 0.115. The van der Waals surface area contributed by atoms with Gasteiger partial charge in [0.1, 0.15) is 5.75 Å². The highest BCUT2D eigenvalue weighted by Crippen LogP contribution is 2.27. The summed E-state index contributed by atoms with van der Waals surface area (Å²) in [6, 6.07) is 24.5. The number of hydrogen-bond acceptors (Lipinski definition) is 8. The lowest BCUT2D eigenvalue weighted by atomic mass is 10.3. The van der Waals surface area contributed by atoms with Crippen LogP contribution in [0.2, 0.25) is 0 Å². The summed E-state index contributed by atoms with van der Waals surface area (Å²) in [5.74, 6) is 0.760. The molecule has 5 rings (SSSR count). The van der Waals surface area contributed by atoms with E-state index in [1.807, 2.05) is 71.3 Å². The van der Waals surface area contributed by atoms with Crippen molar-refractivity contribution < 1.29 is 14.3 Å². The van der Waals surface area contributed by atoms with Crippen molar-refractivity contribution in [2.24, 2.45) is 0 Å². The zero-order valence-electron chi connectivity index (χ0n) is 19.8. The van der Waals surface area contributed by atoms with Crippen molar-refractivity contribution in [3.63, 3.8) is 0 Å². The summed E-state index contributed by atoms with van der Waals surface area (Å²) in [6.45, 7) is 0.0164. The van der Waals surface area contributed by atoms with E-state index < -0.39 is 0 Å². The van der Waals surface area contributed by atoms with Gasteiger partial charge in [-0.2, -0.15) is 0 Å². The molecule has 0 spiro atoms. The Labute approximate surface area is 234 Å². The second-order valence-electron chi connectivity index (χ2n) is 7.91. The summed E-state index contributed by atoms with van der Waals surface area (Å²) >= 11 is 6.12. The molecule has 2 aromatic heterocycles. The second kappa shape index (κ2) is 12.2. The summed E-state index contributed by atoms with van der Waals surface area (Å²) in [5, 5.41) is 15.3. The smallest absolute Gasteiger partial charge is 0.258 e. The molecular weight excluding hydrogens is 588 g/mol. The number of anilines is 1. The van der Waals surface area contributed by atoms with Gasteiger partial charge in [0.25, 0.3) is 5.91 Å². The van der Waals surface area contributed by atoms with Gasteiger partial charge in [0, 0.05) is 10.2 Å². The minimum atomic E-state index is -0.288. The maximum atomic E-state index is 12.7. The summed E-state index contributed by atoms with van der Waals surface area (Å²) in [5.41, 5.74) is 1.65. The van der Waals surface area contributed by atoms with Gasteiger partial charge in [-0.3, -0.25) is 14.2 Å². The normalized spacial score (nSPS) is 10.9. The van der Waals surface area contributed by atoms with Crippen molar-refractivity contribution >= 4 is 66.2 Å². The quantitative estimate of drug-likeness (QED) is 0.213. The fourth-order valence-electron chi connectivity index (χ4n) is 3.46. The van der Waals surface area contributed by atoms with E-state index in [2.05, 4.69) is 41.7 Å². The highest BCUT2D eigenvalue weighted by Gasteiger charge is 2.17. The molecule has 0 aliphatic heterocycles. The van der Waals surface area contributed by atoms with Crippen LogP contribution in [-0.4, -0.2) is 43.9 Å². The monoisotopic (exact) mass is 608 g/mol. The minimum Gasteiger partial charge on any atom is -0.484 e. The predicted molar refractivity (Wildman–Crippen MR) is 152 cm³/mol. The minimum absolute atomic E-state index is 0.113. The van der Waals surface area contributed by atoms with Gasteiger partial charge < -0.3 is 15.4 Å². The summed E-state index contributed by atoms with van der Waals surface area (Å²) in [7, 11) is 0. The highest BCUT2D eigenvalue weighted by atomic mass is 79.9. The Morgan fingerprint density at radius 3 is 2.50 bits per heavy atom. The third-order valence-corrected chi connectivity index (χ3v) is 7.62. The number of fused-ring (bicyclic) bond motifs is 1. The number of para-hydroxylation sites is 2. The molecular formula is C26H21BrN6O3S2. The van der Waals surface area contributed by atoms with E-state index in [-0.39, 0.29) is 30.7 Å². The van der Waals surface area contributed by atoms with E-state index in [1.165, 1.54) is 23.1 Å². The van der Waals surface area contributed by atoms with Crippen molar-refractivity contribution in [1.82, 2.24) is 25.1 Å². The standard InChI is InChI=1S/C26H21BrN6O3S2/c27-17-10-12-18(13-11-17)33-22(14-28-23(34)15-36-19-6-2-1-3-7-19)31-32-26(33)37-16-24(35)30-25-29-20-8-4-5-9-21(20)38-25/h1-13H,14-16H2,(H,28,34)(H,29,30,35). The molecule has 2 heterocycles. The van der Waals surface area contributed by atoms with Crippen LogP contribution in [0, 0.1) is 0 Å². The van der Waals surface area contributed by atoms with E-state index in [9.17, 15) is 9.59 Å². The first-order valence-corrected chi connectivity index (χ1v) is 14.1. The molecule has 0 atom stereocenters. The van der Waals surface area contributed by atoms with Crippen LogP contribution in [0.15, 0.2) is 88.5 Å². The van der Waals surface area contributed by atoms with E-state index in [4.69, 9.17) is 4.74 Å². The van der Waals surface area contributed by atoms with Gasteiger partial charge in [-0.25, -0.2) is 4.98 Å². The Morgan fingerprint density at radius 2 is 1.71 bits per heavy atom. The number of thioether (sulfide) groups is 1. The van der Waals surface area contributed by atoms with Crippen LogP contribution in [0.25, 0.3) is 15.9 Å². The van der Waals surface area contributed by atoms with Crippen LogP contribution in [0.3, 0.4) is 0 Å². The van der Waals surface area contributed by atoms with Gasteiger partial charge in [-0.1, -0.05) is 69.4 Å². The number of benzene rings is 3.